The number of alkyl carbamates (subject to hydrolysis) is 1. The molecular formula is C23H44N2O5. The number of likely N-dealkylation sites (tertiary alicyclic amines) is 1. The van der Waals surface area contributed by atoms with Crippen molar-refractivity contribution in [2.24, 2.45) is 5.92 Å². The van der Waals surface area contributed by atoms with Crippen LogP contribution in [0.1, 0.15) is 92.9 Å². The predicted molar refractivity (Wildman–Crippen MR) is 119 cm³/mol. The highest BCUT2D eigenvalue weighted by Crippen LogP contribution is 2.22. The molecule has 1 saturated carbocycles. The molecule has 0 aromatic heterocycles. The molecule has 176 valence electrons. The molecule has 2 aliphatic rings. The predicted octanol–water partition coefficient (Wildman–Crippen LogP) is 4.68. The first-order valence-corrected chi connectivity index (χ1v) is 11.4. The van der Waals surface area contributed by atoms with E-state index in [1.807, 2.05) is 0 Å². The Morgan fingerprint density at radius 1 is 1.00 bits per heavy atom. The zero-order valence-corrected chi connectivity index (χ0v) is 20.2. The first-order valence-electron chi connectivity index (χ1n) is 11.4. The Morgan fingerprint density at radius 2 is 1.57 bits per heavy atom. The van der Waals surface area contributed by atoms with Crippen molar-refractivity contribution in [1.82, 2.24) is 10.2 Å². The van der Waals surface area contributed by atoms with Crippen molar-refractivity contribution in [2.45, 2.75) is 105 Å². The van der Waals surface area contributed by atoms with Crippen molar-refractivity contribution < 1.29 is 23.9 Å². The first kappa shape index (κ1) is 28.2. The molecule has 2 amide bonds. The lowest BCUT2D eigenvalue weighted by Gasteiger charge is -2.23. The monoisotopic (exact) mass is 428 g/mol. The molecule has 7 heteroatoms. The quantitative estimate of drug-likeness (QED) is 0.660. The van der Waals surface area contributed by atoms with E-state index in [1.54, 1.807) is 20.8 Å². The molecule has 2 fully saturated rings. The van der Waals surface area contributed by atoms with Gasteiger partial charge in [-0.15, -0.1) is 0 Å². The summed E-state index contributed by atoms with van der Waals surface area (Å²) >= 11 is 0. The number of methoxy groups -OCH3 is 1. The first-order chi connectivity index (χ1) is 14.1. The van der Waals surface area contributed by atoms with Crippen LogP contribution in [0.2, 0.25) is 0 Å². The third-order valence-corrected chi connectivity index (χ3v) is 4.72. The maximum Gasteiger partial charge on any atom is 0.408 e. The van der Waals surface area contributed by atoms with Gasteiger partial charge >= 0.3 is 12.1 Å². The fraction of sp³-hybridized carbons (Fsp3) is 0.870. The van der Waals surface area contributed by atoms with Crippen LogP contribution in [0.3, 0.4) is 0 Å². The third-order valence-electron chi connectivity index (χ3n) is 4.72. The Balaban J connectivity index is 0.000000690. The minimum Gasteiger partial charge on any atom is -0.467 e. The van der Waals surface area contributed by atoms with Gasteiger partial charge in [0.05, 0.1) is 7.11 Å². The lowest BCUT2D eigenvalue weighted by atomic mass is 9.91. The zero-order chi connectivity index (χ0) is 23.2. The standard InChI is InChI=1S/C13H22N2O5.C7H14.C3H8/c1-13(2,3)20-12(18)14-8-10(16)15-7-5-6-9(15)11(17)19-4;1-7-5-3-2-4-6-7;1-3-2/h9H,5-8H2,1-4H3,(H,14,18);7H,2-6H2,1H3;3H2,1-2H3. The second-order valence-electron chi connectivity index (χ2n) is 9.07. The summed E-state index contributed by atoms with van der Waals surface area (Å²) in [5, 5.41) is 2.39. The van der Waals surface area contributed by atoms with Gasteiger partial charge in [0.1, 0.15) is 18.2 Å². The summed E-state index contributed by atoms with van der Waals surface area (Å²) in [6.45, 7) is 12.1. The van der Waals surface area contributed by atoms with E-state index in [2.05, 4.69) is 30.8 Å². The number of carbonyl (C=O) groups excluding carboxylic acids is 3. The van der Waals surface area contributed by atoms with Gasteiger partial charge in [-0.1, -0.05) is 59.3 Å². The second-order valence-corrected chi connectivity index (χ2v) is 9.07. The van der Waals surface area contributed by atoms with Gasteiger partial charge in [-0.25, -0.2) is 9.59 Å². The van der Waals surface area contributed by atoms with Crippen molar-refractivity contribution in [3.63, 3.8) is 0 Å². The number of esters is 1. The maximum absolute atomic E-state index is 12.0. The van der Waals surface area contributed by atoms with Gasteiger partial charge in [0.2, 0.25) is 5.91 Å². The molecule has 30 heavy (non-hydrogen) atoms. The van der Waals surface area contributed by atoms with E-state index < -0.39 is 23.7 Å². The summed E-state index contributed by atoms with van der Waals surface area (Å²) in [5.74, 6) is 0.297. The Hall–Kier alpha value is -1.79. The molecule has 1 heterocycles. The smallest absolute Gasteiger partial charge is 0.408 e. The topological polar surface area (TPSA) is 84.9 Å². The third kappa shape index (κ3) is 12.7. The van der Waals surface area contributed by atoms with Crippen LogP contribution in [-0.2, 0) is 19.1 Å². The van der Waals surface area contributed by atoms with Crippen LogP contribution in [-0.4, -0.2) is 54.7 Å². The lowest BCUT2D eigenvalue weighted by Crippen LogP contribution is -2.46. The van der Waals surface area contributed by atoms with Crippen molar-refractivity contribution >= 4 is 18.0 Å². The van der Waals surface area contributed by atoms with E-state index in [0.29, 0.717) is 13.0 Å². The molecule has 1 aliphatic carbocycles. The van der Waals surface area contributed by atoms with Crippen molar-refractivity contribution in [2.75, 3.05) is 20.2 Å². The Bertz CT molecular complexity index is 510. The maximum atomic E-state index is 12.0. The largest absolute Gasteiger partial charge is 0.467 e. The normalized spacial score (nSPS) is 18.9. The average molecular weight is 429 g/mol. The van der Waals surface area contributed by atoms with E-state index >= 15 is 0 Å². The SMILES string of the molecule is CC1CCCCC1.CCC.COC(=O)C1CCCN1C(=O)CNC(=O)OC(C)(C)C. The van der Waals surface area contributed by atoms with Crippen molar-refractivity contribution in [3.8, 4) is 0 Å². The van der Waals surface area contributed by atoms with Gasteiger partial charge in [-0.2, -0.15) is 0 Å². The lowest BCUT2D eigenvalue weighted by molar-refractivity contribution is -0.150. The molecule has 1 unspecified atom stereocenters. The molecule has 0 aromatic rings. The molecular weight excluding hydrogens is 384 g/mol. The minimum atomic E-state index is -0.653. The summed E-state index contributed by atoms with van der Waals surface area (Å²) in [5.41, 5.74) is -0.616. The highest BCUT2D eigenvalue weighted by Gasteiger charge is 2.34. The molecule has 0 spiro atoms. The molecule has 1 N–H and O–H groups in total. The minimum absolute atomic E-state index is 0.192. The van der Waals surface area contributed by atoms with E-state index in [4.69, 9.17) is 4.74 Å². The van der Waals surface area contributed by atoms with Crippen LogP contribution in [0, 0.1) is 5.92 Å². The summed E-state index contributed by atoms with van der Waals surface area (Å²) in [7, 11) is 1.29. The highest BCUT2D eigenvalue weighted by molar-refractivity contribution is 5.87. The molecule has 0 radical (unpaired) electrons. The Morgan fingerprint density at radius 3 is 2.00 bits per heavy atom. The van der Waals surface area contributed by atoms with Gasteiger partial charge in [0.25, 0.3) is 0 Å². The molecule has 2 rings (SSSR count). The molecule has 1 saturated heterocycles. The summed E-state index contributed by atoms with van der Waals surface area (Å²) in [4.78, 5) is 36.4. The molecule has 0 aromatic carbocycles. The van der Waals surface area contributed by atoms with Crippen LogP contribution < -0.4 is 5.32 Å². The number of ether oxygens (including phenoxy) is 2. The number of hydrogen-bond donors (Lipinski definition) is 1. The fourth-order valence-corrected chi connectivity index (χ4v) is 3.32. The molecule has 7 nitrogen and oxygen atoms in total. The molecule has 0 bridgehead atoms. The number of hydrogen-bond acceptors (Lipinski definition) is 5. The van der Waals surface area contributed by atoms with Gasteiger partial charge in [-0.3, -0.25) is 4.79 Å². The van der Waals surface area contributed by atoms with Crippen molar-refractivity contribution in [3.05, 3.63) is 0 Å². The van der Waals surface area contributed by atoms with Gasteiger partial charge in [0.15, 0.2) is 0 Å². The number of rotatable bonds is 3. The van der Waals surface area contributed by atoms with E-state index in [1.165, 1.54) is 50.5 Å². The van der Waals surface area contributed by atoms with Crippen LogP contribution in [0.5, 0.6) is 0 Å². The summed E-state index contributed by atoms with van der Waals surface area (Å²) in [6, 6.07) is -0.548. The van der Waals surface area contributed by atoms with Crippen molar-refractivity contribution in [1.29, 1.82) is 0 Å². The highest BCUT2D eigenvalue weighted by atomic mass is 16.6. The summed E-state index contributed by atoms with van der Waals surface area (Å²) < 4.78 is 9.69. The number of nitrogens with zero attached hydrogens (tertiary/aromatic N) is 1. The Kier molecular flexibility index (Phi) is 14.2. The van der Waals surface area contributed by atoms with E-state index in [9.17, 15) is 14.4 Å². The van der Waals surface area contributed by atoms with Gasteiger partial charge in [0, 0.05) is 6.54 Å². The molecule has 1 atom stereocenters. The fourth-order valence-electron chi connectivity index (χ4n) is 3.32. The zero-order valence-electron chi connectivity index (χ0n) is 20.2. The Labute approximate surface area is 183 Å². The van der Waals surface area contributed by atoms with Gasteiger partial charge in [-0.05, 0) is 39.5 Å². The van der Waals surface area contributed by atoms with Crippen LogP contribution >= 0.6 is 0 Å². The second kappa shape index (κ2) is 15.1. The average Bonchev–Trinajstić information content (AvgIpc) is 3.16. The van der Waals surface area contributed by atoms with Crippen LogP contribution in [0.25, 0.3) is 0 Å². The van der Waals surface area contributed by atoms with E-state index in [0.717, 1.165) is 12.3 Å². The van der Waals surface area contributed by atoms with Gasteiger partial charge < -0.3 is 19.7 Å². The van der Waals surface area contributed by atoms with Crippen LogP contribution in [0.4, 0.5) is 4.79 Å². The number of nitrogens with one attached hydrogen (secondary N) is 1. The molecule has 1 aliphatic heterocycles. The number of carbonyl (C=O) groups is 3. The summed E-state index contributed by atoms with van der Waals surface area (Å²) in [6.07, 6.45) is 9.37. The van der Waals surface area contributed by atoms with Crippen LogP contribution in [0.15, 0.2) is 0 Å². The number of amides is 2. The van der Waals surface area contributed by atoms with E-state index in [-0.39, 0.29) is 12.5 Å².